The number of aromatic hydroxyl groups is 1. The number of aliphatic imine (C=N–C) groups is 1. The Morgan fingerprint density at radius 1 is 1.42 bits per heavy atom. The van der Waals surface area contributed by atoms with Crippen LogP contribution in [0.15, 0.2) is 23.2 Å². The third kappa shape index (κ3) is 4.26. The summed E-state index contributed by atoms with van der Waals surface area (Å²) < 4.78 is 5.06. The van der Waals surface area contributed by atoms with Gasteiger partial charge in [-0.25, -0.2) is 0 Å². The third-order valence-corrected chi connectivity index (χ3v) is 3.68. The first kappa shape index (κ1) is 17.3. The quantitative estimate of drug-likeness (QED) is 0.508. The normalized spacial score (nSPS) is 10.8. The number of rotatable bonds is 8. The number of nitrogens with two attached hydrogens (primary N) is 1. The summed E-state index contributed by atoms with van der Waals surface area (Å²) in [6, 6.07) is 7.35. The molecule has 7 heteroatoms. The first-order valence-corrected chi connectivity index (χ1v) is 7.76. The molecule has 0 aliphatic rings. The fourth-order valence-electron chi connectivity index (χ4n) is 2.35. The van der Waals surface area contributed by atoms with E-state index in [1.165, 1.54) is 7.11 Å². The number of aryl methyl sites for hydroxylation is 1. The molecule has 0 bridgehead atoms. The van der Waals surface area contributed by atoms with E-state index in [0.29, 0.717) is 23.4 Å². The summed E-state index contributed by atoms with van der Waals surface area (Å²) >= 11 is 0. The van der Waals surface area contributed by atoms with Crippen molar-refractivity contribution in [2.45, 2.75) is 25.7 Å². The molecule has 1 aromatic carbocycles. The summed E-state index contributed by atoms with van der Waals surface area (Å²) in [5.74, 6) is 0.797. The Labute approximate surface area is 140 Å². The first-order chi connectivity index (χ1) is 11.7. The Morgan fingerprint density at radius 2 is 2.25 bits per heavy atom. The van der Waals surface area contributed by atoms with Gasteiger partial charge in [-0.1, -0.05) is 12.5 Å². The number of aromatic nitrogens is 2. The number of phenolic OH excluding ortho intramolecular Hbond substituents is 1. The molecule has 0 atom stereocenters. The van der Waals surface area contributed by atoms with Gasteiger partial charge in [0.15, 0.2) is 17.3 Å². The highest BCUT2D eigenvalue weighted by Gasteiger charge is 2.09. The molecule has 0 aliphatic carbocycles. The Balaban J connectivity index is 1.73. The largest absolute Gasteiger partial charge is 0.504 e. The van der Waals surface area contributed by atoms with E-state index >= 15 is 0 Å². The minimum atomic E-state index is 0.101. The lowest BCUT2D eigenvalue weighted by Crippen LogP contribution is -1.93. The van der Waals surface area contributed by atoms with Gasteiger partial charge in [0.05, 0.1) is 12.8 Å². The summed E-state index contributed by atoms with van der Waals surface area (Å²) in [5, 5.41) is 25.6. The predicted molar refractivity (Wildman–Crippen MR) is 92.4 cm³/mol. The molecule has 0 spiro atoms. The highest BCUT2D eigenvalue weighted by atomic mass is 16.5. The van der Waals surface area contributed by atoms with Gasteiger partial charge in [-0.15, -0.1) is 0 Å². The fraction of sp³-hybridized carbons (Fsp3) is 0.353. The molecule has 7 nitrogen and oxygen atoms in total. The van der Waals surface area contributed by atoms with Gasteiger partial charge in [0, 0.05) is 18.3 Å². The number of hydrogen-bond acceptors (Lipinski definition) is 6. The molecule has 126 valence electrons. The van der Waals surface area contributed by atoms with Crippen molar-refractivity contribution in [3.05, 3.63) is 35.0 Å². The van der Waals surface area contributed by atoms with Gasteiger partial charge in [0.25, 0.3) is 0 Å². The standard InChI is InChI=1S/C17H21N5O2/c1-24-15-8-5-6-12(16(15)23)11-20-9-4-2-3-7-14-13(10-18)17(19)22-21-14/h5-6,8,11,23H,2-4,7,9H2,1H3,(H3,19,21,22). The van der Waals surface area contributed by atoms with Crippen LogP contribution in [0.1, 0.15) is 36.1 Å². The van der Waals surface area contributed by atoms with Gasteiger partial charge in [-0.2, -0.15) is 10.4 Å². The molecule has 0 radical (unpaired) electrons. The molecule has 2 rings (SSSR count). The number of nitrogen functional groups attached to an aromatic ring is 1. The molecular formula is C17H21N5O2. The van der Waals surface area contributed by atoms with Crippen molar-refractivity contribution in [3.63, 3.8) is 0 Å². The van der Waals surface area contributed by atoms with Crippen LogP contribution in [-0.2, 0) is 6.42 Å². The molecule has 0 aliphatic heterocycles. The molecule has 0 amide bonds. The number of nitrogens with zero attached hydrogens (tertiary/aromatic N) is 3. The number of nitriles is 1. The highest BCUT2D eigenvalue weighted by molar-refractivity contribution is 5.84. The van der Waals surface area contributed by atoms with Crippen LogP contribution in [0.2, 0.25) is 0 Å². The van der Waals surface area contributed by atoms with Gasteiger partial charge < -0.3 is 15.6 Å². The van der Waals surface area contributed by atoms with Gasteiger partial charge in [-0.05, 0) is 31.4 Å². The van der Waals surface area contributed by atoms with E-state index in [4.69, 9.17) is 15.7 Å². The minimum Gasteiger partial charge on any atom is -0.504 e. The topological polar surface area (TPSA) is 120 Å². The van der Waals surface area contributed by atoms with Crippen molar-refractivity contribution in [1.29, 1.82) is 5.26 Å². The molecule has 1 aromatic heterocycles. The van der Waals surface area contributed by atoms with Gasteiger partial charge in [0.2, 0.25) is 0 Å². The van der Waals surface area contributed by atoms with Crippen molar-refractivity contribution in [2.24, 2.45) is 4.99 Å². The number of unbranched alkanes of at least 4 members (excludes halogenated alkanes) is 2. The second-order valence-electron chi connectivity index (χ2n) is 5.32. The zero-order chi connectivity index (χ0) is 17.4. The van der Waals surface area contributed by atoms with Gasteiger partial charge in [0.1, 0.15) is 11.6 Å². The van der Waals surface area contributed by atoms with E-state index in [0.717, 1.165) is 31.4 Å². The fourth-order valence-corrected chi connectivity index (χ4v) is 2.35. The van der Waals surface area contributed by atoms with E-state index in [-0.39, 0.29) is 11.6 Å². The van der Waals surface area contributed by atoms with Crippen LogP contribution < -0.4 is 10.5 Å². The summed E-state index contributed by atoms with van der Waals surface area (Å²) in [7, 11) is 1.51. The molecule has 0 fully saturated rings. The monoisotopic (exact) mass is 327 g/mol. The lowest BCUT2D eigenvalue weighted by Gasteiger charge is -2.04. The maximum atomic E-state index is 9.94. The van der Waals surface area contributed by atoms with E-state index in [2.05, 4.69) is 21.3 Å². The van der Waals surface area contributed by atoms with Crippen molar-refractivity contribution in [2.75, 3.05) is 19.4 Å². The third-order valence-electron chi connectivity index (χ3n) is 3.68. The van der Waals surface area contributed by atoms with Crippen molar-refractivity contribution in [3.8, 4) is 17.6 Å². The predicted octanol–water partition coefficient (Wildman–Crippen LogP) is 2.41. The van der Waals surface area contributed by atoms with Crippen LogP contribution in [-0.4, -0.2) is 35.2 Å². The second kappa shape index (κ2) is 8.58. The minimum absolute atomic E-state index is 0.101. The highest BCUT2D eigenvalue weighted by Crippen LogP contribution is 2.28. The second-order valence-corrected chi connectivity index (χ2v) is 5.32. The van der Waals surface area contributed by atoms with E-state index in [1.807, 2.05) is 6.07 Å². The molecule has 4 N–H and O–H groups in total. The van der Waals surface area contributed by atoms with E-state index in [1.54, 1.807) is 18.3 Å². The summed E-state index contributed by atoms with van der Waals surface area (Å²) in [6.45, 7) is 0.673. The molecule has 2 aromatic rings. The van der Waals surface area contributed by atoms with Crippen LogP contribution in [0, 0.1) is 11.3 Å². The Bertz CT molecular complexity index is 746. The SMILES string of the molecule is COc1cccc(C=NCCCCCc2[nH]nc(N)c2C#N)c1O. The Hall–Kier alpha value is -3.01. The smallest absolute Gasteiger partial charge is 0.166 e. The van der Waals surface area contributed by atoms with Crippen LogP contribution >= 0.6 is 0 Å². The Morgan fingerprint density at radius 3 is 3.00 bits per heavy atom. The number of benzene rings is 1. The van der Waals surface area contributed by atoms with Crippen LogP contribution in [0.3, 0.4) is 0 Å². The van der Waals surface area contributed by atoms with Crippen molar-refractivity contribution >= 4 is 12.0 Å². The lowest BCUT2D eigenvalue weighted by atomic mass is 10.1. The number of phenols is 1. The van der Waals surface area contributed by atoms with Crippen LogP contribution in [0.25, 0.3) is 0 Å². The summed E-state index contributed by atoms with van der Waals surface area (Å²) in [5.41, 5.74) is 7.47. The average molecular weight is 327 g/mol. The van der Waals surface area contributed by atoms with Crippen LogP contribution in [0.4, 0.5) is 5.82 Å². The number of aromatic amines is 1. The number of nitrogens with one attached hydrogen (secondary N) is 1. The summed E-state index contributed by atoms with van der Waals surface area (Å²) in [6.07, 6.45) is 5.23. The van der Waals surface area contributed by atoms with Crippen LogP contribution in [0.5, 0.6) is 11.5 Å². The number of anilines is 1. The van der Waals surface area contributed by atoms with Crippen molar-refractivity contribution < 1.29 is 9.84 Å². The van der Waals surface area contributed by atoms with E-state index < -0.39 is 0 Å². The van der Waals surface area contributed by atoms with Crippen molar-refractivity contribution in [1.82, 2.24) is 10.2 Å². The maximum absolute atomic E-state index is 9.94. The number of H-pyrrole nitrogens is 1. The van der Waals surface area contributed by atoms with Gasteiger partial charge in [-0.3, -0.25) is 10.1 Å². The number of hydrogen-bond donors (Lipinski definition) is 3. The van der Waals surface area contributed by atoms with Gasteiger partial charge >= 0.3 is 0 Å². The van der Waals surface area contributed by atoms with E-state index in [9.17, 15) is 5.11 Å². The maximum Gasteiger partial charge on any atom is 0.166 e. The summed E-state index contributed by atoms with van der Waals surface area (Å²) in [4.78, 5) is 4.33. The zero-order valence-corrected chi connectivity index (χ0v) is 13.6. The number of ether oxygens (including phenoxy) is 1. The Kier molecular flexibility index (Phi) is 6.20. The average Bonchev–Trinajstić information content (AvgIpc) is 2.95. The molecule has 1 heterocycles. The number of methoxy groups -OCH3 is 1. The number of para-hydroxylation sites is 1. The molecular weight excluding hydrogens is 306 g/mol. The molecule has 0 saturated heterocycles. The zero-order valence-electron chi connectivity index (χ0n) is 13.6. The first-order valence-electron chi connectivity index (χ1n) is 7.76. The lowest BCUT2D eigenvalue weighted by molar-refractivity contribution is 0.373. The molecule has 24 heavy (non-hydrogen) atoms. The molecule has 0 saturated carbocycles. The molecule has 0 unspecified atom stereocenters.